The summed E-state index contributed by atoms with van der Waals surface area (Å²) in [6.45, 7) is 9.01. The zero-order valence-electron chi connectivity index (χ0n) is 20.7. The Morgan fingerprint density at radius 2 is 1.78 bits per heavy atom. The minimum Gasteiger partial charge on any atom is -0.487 e. The van der Waals surface area contributed by atoms with Gasteiger partial charge in [0.05, 0.1) is 11.5 Å². The van der Waals surface area contributed by atoms with Gasteiger partial charge in [0.25, 0.3) is 5.91 Å². The topological polar surface area (TPSA) is 117 Å². The Labute approximate surface area is 215 Å². The van der Waals surface area contributed by atoms with Crippen molar-refractivity contribution in [3.05, 3.63) is 58.1 Å². The van der Waals surface area contributed by atoms with E-state index in [1.165, 1.54) is 12.1 Å². The number of piperazine rings is 1. The number of amides is 2. The number of rotatable bonds is 8. The van der Waals surface area contributed by atoms with E-state index >= 15 is 0 Å². The molecule has 36 heavy (non-hydrogen) atoms. The molecule has 1 heterocycles. The van der Waals surface area contributed by atoms with E-state index in [4.69, 9.17) is 17.0 Å². The first kappa shape index (κ1) is 26.9. The van der Waals surface area contributed by atoms with E-state index in [0.717, 1.165) is 24.8 Å². The summed E-state index contributed by atoms with van der Waals surface area (Å²) in [7, 11) is 0. The van der Waals surface area contributed by atoms with Gasteiger partial charge in [0.15, 0.2) is 10.9 Å². The fraction of sp³-hybridized carbons (Fsp3) is 0.400. The van der Waals surface area contributed by atoms with Crippen LogP contribution in [0, 0.1) is 16.0 Å². The smallest absolute Gasteiger partial charge is 0.311 e. The third-order valence-corrected chi connectivity index (χ3v) is 5.85. The monoisotopic (exact) mass is 513 g/mol. The van der Waals surface area contributed by atoms with E-state index in [2.05, 4.69) is 15.5 Å². The van der Waals surface area contributed by atoms with E-state index < -0.39 is 10.8 Å². The number of anilines is 2. The number of carbonyl (C=O) groups is 2. The summed E-state index contributed by atoms with van der Waals surface area (Å²) < 4.78 is 5.24. The van der Waals surface area contributed by atoms with Crippen LogP contribution in [0.4, 0.5) is 17.1 Å². The molecule has 0 unspecified atom stereocenters. The molecule has 11 heteroatoms. The zero-order valence-corrected chi connectivity index (χ0v) is 21.5. The van der Waals surface area contributed by atoms with Crippen molar-refractivity contribution in [2.24, 2.45) is 5.92 Å². The second-order valence-corrected chi connectivity index (χ2v) is 9.20. The molecule has 0 aromatic heterocycles. The molecule has 1 aliphatic rings. The molecule has 2 amide bonds. The number of carbonyl (C=O) groups excluding carboxylic acids is 2. The Balaban J connectivity index is 1.53. The van der Waals surface area contributed by atoms with E-state index in [-0.39, 0.29) is 34.6 Å². The number of thiocarbonyl (C=S) groups is 1. The molecule has 0 radical (unpaired) electrons. The normalized spacial score (nSPS) is 13.3. The summed E-state index contributed by atoms with van der Waals surface area (Å²) in [5.41, 5.74) is 1.53. The van der Waals surface area contributed by atoms with Gasteiger partial charge in [-0.15, -0.1) is 0 Å². The van der Waals surface area contributed by atoms with Crippen LogP contribution in [-0.4, -0.2) is 59.5 Å². The van der Waals surface area contributed by atoms with Gasteiger partial charge in [-0.1, -0.05) is 13.8 Å². The van der Waals surface area contributed by atoms with Gasteiger partial charge < -0.3 is 19.9 Å². The van der Waals surface area contributed by atoms with Crippen molar-refractivity contribution in [2.45, 2.75) is 27.2 Å². The predicted octanol–water partition coefficient (Wildman–Crippen LogP) is 3.82. The van der Waals surface area contributed by atoms with Crippen LogP contribution < -0.4 is 20.3 Å². The second-order valence-electron chi connectivity index (χ2n) is 8.79. The molecule has 10 nitrogen and oxygen atoms in total. The quantitative estimate of drug-likeness (QED) is 0.311. The van der Waals surface area contributed by atoms with Crippen LogP contribution in [0.3, 0.4) is 0 Å². The van der Waals surface area contributed by atoms with Crippen LogP contribution in [0.25, 0.3) is 0 Å². The molecule has 2 aromatic rings. The van der Waals surface area contributed by atoms with Crippen LogP contribution in [0.1, 0.15) is 37.6 Å². The van der Waals surface area contributed by atoms with Crippen molar-refractivity contribution in [3.8, 4) is 5.75 Å². The molecule has 2 N–H and O–H groups in total. The second kappa shape index (κ2) is 12.3. The van der Waals surface area contributed by atoms with Gasteiger partial charge in [0.1, 0.15) is 0 Å². The van der Waals surface area contributed by atoms with Crippen molar-refractivity contribution in [3.63, 3.8) is 0 Å². The summed E-state index contributed by atoms with van der Waals surface area (Å²) in [6, 6.07) is 11.6. The highest BCUT2D eigenvalue weighted by Gasteiger charge is 2.22. The Hall–Kier alpha value is -3.73. The third-order valence-electron chi connectivity index (χ3n) is 5.65. The summed E-state index contributed by atoms with van der Waals surface area (Å²) in [5, 5.41) is 16.9. The Morgan fingerprint density at radius 1 is 1.11 bits per heavy atom. The first-order valence-electron chi connectivity index (χ1n) is 11.8. The molecular formula is C25H31N5O5S. The summed E-state index contributed by atoms with van der Waals surface area (Å²) in [4.78, 5) is 39.7. The van der Waals surface area contributed by atoms with Crippen molar-refractivity contribution >= 4 is 46.2 Å². The van der Waals surface area contributed by atoms with Crippen molar-refractivity contribution < 1.29 is 19.2 Å². The molecule has 0 aliphatic carbocycles. The zero-order chi connectivity index (χ0) is 26.2. The van der Waals surface area contributed by atoms with Crippen molar-refractivity contribution in [1.82, 2.24) is 10.2 Å². The Morgan fingerprint density at radius 3 is 2.36 bits per heavy atom. The fourth-order valence-electron chi connectivity index (χ4n) is 3.86. The van der Waals surface area contributed by atoms with Crippen LogP contribution in [-0.2, 0) is 4.79 Å². The lowest BCUT2D eigenvalue weighted by atomic mass is 10.1. The summed E-state index contributed by atoms with van der Waals surface area (Å²) >= 11 is 5.24. The molecule has 0 atom stereocenters. The largest absolute Gasteiger partial charge is 0.487 e. The van der Waals surface area contributed by atoms with Gasteiger partial charge in [0.2, 0.25) is 5.91 Å². The number of nitro benzene ring substituents is 1. The maximum absolute atomic E-state index is 12.5. The highest BCUT2D eigenvalue weighted by Crippen LogP contribution is 2.28. The van der Waals surface area contributed by atoms with E-state index in [1.807, 2.05) is 43.0 Å². The average molecular weight is 514 g/mol. The van der Waals surface area contributed by atoms with Gasteiger partial charge >= 0.3 is 5.69 Å². The maximum atomic E-state index is 12.5. The van der Waals surface area contributed by atoms with E-state index in [9.17, 15) is 19.7 Å². The van der Waals surface area contributed by atoms with Crippen LogP contribution >= 0.6 is 12.2 Å². The van der Waals surface area contributed by atoms with Gasteiger partial charge in [-0.3, -0.25) is 25.0 Å². The first-order chi connectivity index (χ1) is 17.2. The molecule has 0 bridgehead atoms. The minimum absolute atomic E-state index is 0.0709. The van der Waals surface area contributed by atoms with Crippen molar-refractivity contribution in [1.29, 1.82) is 0 Å². The first-order valence-corrected chi connectivity index (χ1v) is 12.2. The van der Waals surface area contributed by atoms with E-state index in [1.54, 1.807) is 6.92 Å². The SMILES string of the molecule is CCOc1ccc(C(=O)NC(=S)Nc2ccc(N3CCN(C(=O)CC(C)C)CC3)cc2)cc1[N+](=O)[O-]. The molecule has 0 spiro atoms. The molecule has 3 rings (SSSR count). The number of benzene rings is 2. The third kappa shape index (κ3) is 7.14. The number of nitro groups is 1. The lowest BCUT2D eigenvalue weighted by Crippen LogP contribution is -2.49. The number of nitrogens with one attached hydrogen (secondary N) is 2. The number of hydrogen-bond acceptors (Lipinski definition) is 7. The standard InChI is InChI=1S/C25H31N5O5S/c1-4-35-22-10-5-18(16-21(22)30(33)34)24(32)27-25(36)26-19-6-8-20(9-7-19)28-11-13-29(14-12-28)23(31)15-17(2)3/h5-10,16-17H,4,11-15H2,1-3H3,(H2,26,27,32,36). The highest BCUT2D eigenvalue weighted by atomic mass is 32.1. The minimum atomic E-state index is -0.594. The maximum Gasteiger partial charge on any atom is 0.311 e. The lowest BCUT2D eigenvalue weighted by molar-refractivity contribution is -0.385. The number of hydrogen-bond donors (Lipinski definition) is 2. The molecule has 1 aliphatic heterocycles. The average Bonchev–Trinajstić information content (AvgIpc) is 2.84. The van der Waals surface area contributed by atoms with Crippen LogP contribution in [0.15, 0.2) is 42.5 Å². The van der Waals surface area contributed by atoms with Gasteiger partial charge in [0, 0.05) is 55.6 Å². The van der Waals surface area contributed by atoms with Gasteiger partial charge in [-0.05, 0) is 61.5 Å². The van der Waals surface area contributed by atoms with Gasteiger partial charge in [-0.2, -0.15) is 0 Å². The van der Waals surface area contributed by atoms with E-state index in [0.29, 0.717) is 31.1 Å². The number of ether oxygens (including phenoxy) is 1. The fourth-order valence-corrected chi connectivity index (χ4v) is 4.07. The van der Waals surface area contributed by atoms with Gasteiger partial charge in [-0.25, -0.2) is 0 Å². The molecule has 192 valence electrons. The molecule has 2 aromatic carbocycles. The summed E-state index contributed by atoms with van der Waals surface area (Å²) in [5.74, 6) is 0.0917. The predicted molar refractivity (Wildman–Crippen MR) is 143 cm³/mol. The van der Waals surface area contributed by atoms with Crippen LogP contribution in [0.2, 0.25) is 0 Å². The molecule has 1 saturated heterocycles. The number of nitrogens with zero attached hydrogens (tertiary/aromatic N) is 3. The molecule has 1 fully saturated rings. The van der Waals surface area contributed by atoms with Crippen LogP contribution in [0.5, 0.6) is 5.75 Å². The lowest BCUT2D eigenvalue weighted by Gasteiger charge is -2.36. The molecule has 0 saturated carbocycles. The Bertz CT molecular complexity index is 1110. The highest BCUT2D eigenvalue weighted by molar-refractivity contribution is 7.80. The summed E-state index contributed by atoms with van der Waals surface area (Å²) in [6.07, 6.45) is 0.576. The molecular weight excluding hydrogens is 482 g/mol. The Kier molecular flexibility index (Phi) is 9.18. The van der Waals surface area contributed by atoms with Crippen molar-refractivity contribution in [2.75, 3.05) is 43.0 Å².